The fourth-order valence-electron chi connectivity index (χ4n) is 20.9. The van der Waals surface area contributed by atoms with Gasteiger partial charge in [0, 0.05) is 129 Å². The number of β-amino-alcohol motifs (C(OH)–C–C–N with tert-alkyl or cyclic N) is 7. The topological polar surface area (TPSA) is 667 Å². The molecule has 13 rings (SSSR count). The molecule has 0 unspecified atom stereocenters. The Morgan fingerprint density at radius 2 is 0.481 bits per heavy atom. The summed E-state index contributed by atoms with van der Waals surface area (Å²) in [6.45, 7) is -6.19. The normalized spacial score (nSPS) is 30.4. The predicted molar refractivity (Wildman–Crippen MR) is 452 cm³/mol. The maximum absolute atomic E-state index is 14.5. The minimum atomic E-state index is -1.33. The van der Waals surface area contributed by atoms with Gasteiger partial charge in [0.05, 0.1) is 88.0 Å². The third-order valence-corrected chi connectivity index (χ3v) is 27.8. The molecule has 13 fully saturated rings. The second-order valence-corrected chi connectivity index (χ2v) is 36.7. The standard InChI is InChI=1S/C82H119N21O29S/c104-41-19-48(83-26-41)70(120)91-49(40-133)69(119)84-27-62(111)98-34-42(105)20-56(98)77(127)92-13-1-7-50(92)71(121)85-28-63(112)99-35-43(106)21-57(99)78(128)93-14-2-8-51(93)72(122)86-29-64(113)100-36-44(107)22-58(100)79(129)94-15-3-9-52(94)73(123)87-30-65(114)101-37-45(108)23-59(101)80(130)95-16-4-10-53(95)74(124)88-31-66(115)102-38-46(109)24-60(102)81(131)96-17-5-11-54(96)75(125)89-32-67(116)103-39-47(110)25-61(103)82(132)97-18-6-12-55(97)76(126)90-33-68(117)118/h41-61,83,104-110,133H,1-40H2,(H,84,119)(H,85,121)(H,86,122)(H,87,123)(H,88,124)(H,89,125)(H,90,126)(H,91,120)(H,117,118)/t41-,42-,43-,44-,45-,46-,47-,48+,49+,50+,51+,52+,53+,54+,55+,56+,57+,58+,59+,60+,61+/m1/s1. The first-order valence-corrected chi connectivity index (χ1v) is 46.2. The largest absolute Gasteiger partial charge is 0.480 e. The molecule has 13 aliphatic rings. The maximum atomic E-state index is 14.5. The van der Waals surface area contributed by atoms with Crippen LogP contribution in [0.4, 0.5) is 0 Å². The number of amides is 20. The van der Waals surface area contributed by atoms with E-state index in [2.05, 4.69) is 60.5 Å². The molecule has 50 nitrogen and oxygen atoms in total. The third-order valence-electron chi connectivity index (χ3n) is 27.5. The zero-order chi connectivity index (χ0) is 95.8. The van der Waals surface area contributed by atoms with Gasteiger partial charge in [-0.05, 0) is 83.5 Å². The summed E-state index contributed by atoms with van der Waals surface area (Å²) in [7, 11) is 0. The van der Waals surface area contributed by atoms with Crippen molar-refractivity contribution in [2.75, 3.05) is 137 Å². The van der Waals surface area contributed by atoms with Crippen molar-refractivity contribution < 1.29 is 142 Å². The molecule has 0 radical (unpaired) electrons. The minimum absolute atomic E-state index is 0.0170. The van der Waals surface area contributed by atoms with Crippen molar-refractivity contribution in [2.24, 2.45) is 0 Å². The molecule has 0 aromatic carbocycles. The van der Waals surface area contributed by atoms with E-state index in [1.165, 1.54) is 29.4 Å². The second kappa shape index (κ2) is 43.5. The van der Waals surface area contributed by atoms with Crippen LogP contribution in [0.15, 0.2) is 0 Å². The average Bonchev–Trinajstić information content (AvgIpc) is 1.68. The van der Waals surface area contributed by atoms with Gasteiger partial charge >= 0.3 is 5.97 Å². The number of hydrogen-bond acceptors (Lipinski definition) is 30. The molecular formula is C82H119N21O29S. The second-order valence-electron chi connectivity index (χ2n) is 36.4. The predicted octanol–water partition coefficient (Wildman–Crippen LogP) is -14.3. The highest BCUT2D eigenvalue weighted by Gasteiger charge is 2.54. The number of carbonyl (C=O) groups excluding carboxylic acids is 20. The van der Waals surface area contributed by atoms with E-state index in [9.17, 15) is 136 Å². The molecule has 732 valence electrons. The van der Waals surface area contributed by atoms with E-state index < -0.39 is 297 Å². The fraction of sp³-hybridized carbons (Fsp3) is 0.744. The molecule has 133 heavy (non-hydrogen) atoms. The molecule has 0 bridgehead atoms. The highest BCUT2D eigenvalue weighted by atomic mass is 32.1. The summed E-state index contributed by atoms with van der Waals surface area (Å²) in [6.07, 6.45) is -6.23. The number of nitrogens with one attached hydrogen (secondary N) is 9. The molecule has 51 heteroatoms. The highest BCUT2D eigenvalue weighted by Crippen LogP contribution is 2.34. The lowest BCUT2D eigenvalue weighted by Gasteiger charge is -2.32. The van der Waals surface area contributed by atoms with Crippen LogP contribution in [0.5, 0.6) is 0 Å². The number of hydrogen-bond donors (Lipinski definition) is 18. The van der Waals surface area contributed by atoms with Crippen LogP contribution in [-0.2, 0) is 101 Å². The molecule has 0 aliphatic carbocycles. The van der Waals surface area contributed by atoms with E-state index in [1.807, 2.05) is 0 Å². The van der Waals surface area contributed by atoms with Crippen molar-refractivity contribution in [2.45, 2.75) is 249 Å². The zero-order valence-corrected chi connectivity index (χ0v) is 74.3. The number of likely N-dealkylation sites (tertiary alicyclic amines) is 12. The lowest BCUT2D eigenvalue weighted by atomic mass is 10.1. The number of aliphatic carboxylic acids is 1. The Hall–Kier alpha value is -11.1. The van der Waals surface area contributed by atoms with Crippen LogP contribution in [0.2, 0.25) is 0 Å². The van der Waals surface area contributed by atoms with E-state index in [1.54, 1.807) is 0 Å². The van der Waals surface area contributed by atoms with Crippen LogP contribution in [0.3, 0.4) is 0 Å². The zero-order valence-electron chi connectivity index (χ0n) is 73.4. The summed E-state index contributed by atoms with van der Waals surface area (Å²) in [5.41, 5.74) is 0. The first kappa shape index (κ1) is 99.4. The molecule has 13 saturated heterocycles. The Kier molecular flexibility index (Phi) is 32.5. The van der Waals surface area contributed by atoms with Crippen LogP contribution in [-0.4, -0.2) is 488 Å². The summed E-state index contributed by atoms with van der Waals surface area (Å²) in [6, 6.07) is -16.5. The molecule has 21 atom stereocenters. The average molecular weight is 1900 g/mol. The lowest BCUT2D eigenvalue weighted by Crippen LogP contribution is -2.57. The number of rotatable bonds is 30. The Balaban J connectivity index is 0.537. The first-order valence-electron chi connectivity index (χ1n) is 45.6. The molecule has 17 N–H and O–H groups in total. The van der Waals surface area contributed by atoms with E-state index in [0.717, 1.165) is 29.4 Å². The molecule has 0 spiro atoms. The van der Waals surface area contributed by atoms with Crippen molar-refractivity contribution in [3.8, 4) is 0 Å². The highest BCUT2D eigenvalue weighted by molar-refractivity contribution is 7.80. The van der Waals surface area contributed by atoms with E-state index >= 15 is 0 Å². The maximum Gasteiger partial charge on any atom is 0.322 e. The molecule has 13 heterocycles. The van der Waals surface area contributed by atoms with Gasteiger partial charge in [0.15, 0.2) is 0 Å². The van der Waals surface area contributed by atoms with Crippen molar-refractivity contribution in [3.05, 3.63) is 0 Å². The molecule has 0 saturated carbocycles. The van der Waals surface area contributed by atoms with Gasteiger partial charge in [0.25, 0.3) is 0 Å². The van der Waals surface area contributed by atoms with Crippen LogP contribution < -0.4 is 47.9 Å². The Morgan fingerprint density at radius 1 is 0.271 bits per heavy atom. The van der Waals surface area contributed by atoms with Crippen molar-refractivity contribution >= 4 is 137 Å². The number of carboxylic acids is 1. The quantitative estimate of drug-likeness (QED) is 0.0297. The van der Waals surface area contributed by atoms with Gasteiger partial charge in [-0.25, -0.2) is 0 Å². The van der Waals surface area contributed by atoms with Gasteiger partial charge in [-0.15, -0.1) is 0 Å². The van der Waals surface area contributed by atoms with Gasteiger partial charge in [-0.2, -0.15) is 12.6 Å². The van der Waals surface area contributed by atoms with Crippen LogP contribution in [0.1, 0.15) is 122 Å². The third kappa shape index (κ3) is 22.6. The molecule has 13 aliphatic heterocycles. The van der Waals surface area contributed by atoms with Gasteiger partial charge in [0.2, 0.25) is 118 Å². The lowest BCUT2D eigenvalue weighted by molar-refractivity contribution is -0.148. The molecule has 20 amide bonds. The number of aliphatic hydroxyl groups is 7. The van der Waals surface area contributed by atoms with Gasteiger partial charge in [0.1, 0.15) is 85.1 Å². The van der Waals surface area contributed by atoms with Gasteiger partial charge in [-0.3, -0.25) is 101 Å². The fourth-order valence-corrected chi connectivity index (χ4v) is 21.1. The monoisotopic (exact) mass is 1890 g/mol. The summed E-state index contributed by atoms with van der Waals surface area (Å²) in [4.78, 5) is 302. The Morgan fingerprint density at radius 3 is 0.677 bits per heavy atom. The summed E-state index contributed by atoms with van der Waals surface area (Å²) >= 11 is 4.15. The smallest absolute Gasteiger partial charge is 0.322 e. The first-order chi connectivity index (χ1) is 63.4. The van der Waals surface area contributed by atoms with Crippen LogP contribution >= 0.6 is 12.6 Å². The van der Waals surface area contributed by atoms with Crippen molar-refractivity contribution in [1.29, 1.82) is 0 Å². The SMILES string of the molecule is O=C(O)CNC(=O)[C@@H]1CCCN1C(=O)[C@@H]1C[C@@H](O)CN1C(=O)CNC(=O)[C@@H]1CCCN1C(=O)[C@@H]1C[C@@H](O)CN1C(=O)CNC(=O)[C@@H]1CCCN1C(=O)[C@@H]1C[C@@H](O)CN1C(=O)CNC(=O)[C@@H]1CCCN1C(=O)[C@@H]1C[C@@H](O)CN1C(=O)CNC(=O)[C@@H]1CCCN1C(=O)[C@@H]1C[C@@H](O)CN1C(=O)CNC(=O)[C@@H]1CCCN1C(=O)[C@@H]1C[C@@H](O)CN1C(=O)CNC(=O)[C@H](CS)NC(=O)[C@@H]1C[C@@H](O)CN1. The van der Waals surface area contributed by atoms with Crippen LogP contribution in [0.25, 0.3) is 0 Å². The number of aliphatic hydroxyl groups excluding tert-OH is 7. The van der Waals surface area contributed by atoms with E-state index in [4.69, 9.17) is 5.11 Å². The van der Waals surface area contributed by atoms with E-state index in [-0.39, 0.29) is 174 Å². The summed E-state index contributed by atoms with van der Waals surface area (Å²) in [5.74, 6) is -16.2. The van der Waals surface area contributed by atoms with Crippen LogP contribution in [0, 0.1) is 0 Å². The molecule has 0 aromatic heterocycles. The Labute approximate surface area is 767 Å². The van der Waals surface area contributed by atoms with Gasteiger partial charge in [-0.1, -0.05) is 0 Å². The molecular weight excluding hydrogens is 1780 g/mol. The van der Waals surface area contributed by atoms with Crippen molar-refractivity contribution in [3.63, 3.8) is 0 Å². The van der Waals surface area contributed by atoms with Gasteiger partial charge < -0.3 is 148 Å². The minimum Gasteiger partial charge on any atom is -0.480 e. The summed E-state index contributed by atoms with van der Waals surface area (Å²) in [5, 5.41) is 106. The number of nitrogens with zero attached hydrogens (tertiary/aromatic N) is 12. The number of carbonyl (C=O) groups is 21. The summed E-state index contributed by atoms with van der Waals surface area (Å²) < 4.78 is 0. The van der Waals surface area contributed by atoms with E-state index in [0.29, 0.717) is 38.5 Å². The number of carboxylic acid groups (broad SMARTS) is 1. The Bertz CT molecular complexity index is 4490. The van der Waals surface area contributed by atoms with Crippen molar-refractivity contribution in [1.82, 2.24) is 107 Å². The number of thiol groups is 1. The molecule has 0 aromatic rings.